The van der Waals surface area contributed by atoms with Crippen LogP contribution in [0.1, 0.15) is 23.4 Å². The SMILES string of the molecule is C=C1CCOc2ccccc2C(=C)Nc2nc1nc1cnc(N3CCOCC3=O)c(C(F)(F)F)c21. The lowest BCUT2D eigenvalue weighted by Crippen LogP contribution is -2.43. The van der Waals surface area contributed by atoms with Gasteiger partial charge in [0.2, 0.25) is 0 Å². The number of pyridine rings is 1. The number of fused-ring (bicyclic) bond motifs is 5. The molecule has 0 aliphatic carbocycles. The van der Waals surface area contributed by atoms with Gasteiger partial charge in [-0.25, -0.2) is 15.0 Å². The van der Waals surface area contributed by atoms with Crippen LogP contribution in [0.3, 0.4) is 0 Å². The number of benzene rings is 1. The van der Waals surface area contributed by atoms with Crippen LogP contribution in [0.4, 0.5) is 24.8 Å². The van der Waals surface area contributed by atoms with Crippen molar-refractivity contribution in [2.45, 2.75) is 12.6 Å². The third kappa shape index (κ3) is 4.18. The molecule has 2 aromatic heterocycles. The number of para-hydroxylation sites is 1. The Hall–Kier alpha value is -3.99. The Kier molecular flexibility index (Phi) is 5.64. The molecule has 1 N–H and O–H groups in total. The third-order valence-corrected chi connectivity index (χ3v) is 5.70. The van der Waals surface area contributed by atoms with E-state index in [4.69, 9.17) is 9.47 Å². The van der Waals surface area contributed by atoms with Crippen LogP contribution in [-0.4, -0.2) is 47.2 Å². The number of anilines is 2. The second-order valence-corrected chi connectivity index (χ2v) is 8.01. The molecule has 1 fully saturated rings. The monoisotopic (exact) mass is 483 g/mol. The van der Waals surface area contributed by atoms with Gasteiger partial charge >= 0.3 is 6.18 Å². The van der Waals surface area contributed by atoms with Gasteiger partial charge in [-0.3, -0.25) is 9.69 Å². The van der Waals surface area contributed by atoms with Gasteiger partial charge in [-0.1, -0.05) is 25.3 Å². The maximum atomic E-state index is 14.5. The van der Waals surface area contributed by atoms with Crippen molar-refractivity contribution < 1.29 is 27.4 Å². The van der Waals surface area contributed by atoms with Gasteiger partial charge < -0.3 is 14.8 Å². The molecule has 0 radical (unpaired) electrons. The van der Waals surface area contributed by atoms with Crippen molar-refractivity contribution in [3.63, 3.8) is 0 Å². The highest BCUT2D eigenvalue weighted by Gasteiger charge is 2.41. The predicted octanol–water partition coefficient (Wildman–Crippen LogP) is 4.29. The zero-order chi connectivity index (χ0) is 24.7. The Morgan fingerprint density at radius 1 is 1.11 bits per heavy atom. The van der Waals surface area contributed by atoms with Crippen molar-refractivity contribution in [2.75, 3.05) is 36.6 Å². The van der Waals surface area contributed by atoms with Gasteiger partial charge in [0.15, 0.2) is 5.82 Å². The lowest BCUT2D eigenvalue weighted by Gasteiger charge is -2.29. The Morgan fingerprint density at radius 2 is 1.91 bits per heavy atom. The minimum Gasteiger partial charge on any atom is -0.493 e. The largest absolute Gasteiger partial charge is 0.493 e. The van der Waals surface area contributed by atoms with Crippen molar-refractivity contribution in [1.82, 2.24) is 15.0 Å². The van der Waals surface area contributed by atoms with Gasteiger partial charge in [0, 0.05) is 17.7 Å². The van der Waals surface area contributed by atoms with E-state index in [1.54, 1.807) is 24.3 Å². The molecule has 5 rings (SSSR count). The number of nitrogens with zero attached hydrogens (tertiary/aromatic N) is 4. The number of rotatable bonds is 1. The van der Waals surface area contributed by atoms with Crippen molar-refractivity contribution in [3.05, 3.63) is 60.6 Å². The Bertz CT molecular complexity index is 1370. The number of carbonyl (C=O) groups is 1. The maximum absolute atomic E-state index is 14.5. The normalized spacial score (nSPS) is 16.9. The highest BCUT2D eigenvalue weighted by Crippen LogP contribution is 2.43. The van der Waals surface area contributed by atoms with Crippen molar-refractivity contribution in [2.24, 2.45) is 0 Å². The second-order valence-electron chi connectivity index (χ2n) is 8.01. The van der Waals surface area contributed by atoms with E-state index in [1.807, 2.05) is 0 Å². The summed E-state index contributed by atoms with van der Waals surface area (Å²) in [7, 11) is 0. The van der Waals surface area contributed by atoms with Gasteiger partial charge in [-0.2, -0.15) is 13.2 Å². The van der Waals surface area contributed by atoms with E-state index in [1.165, 1.54) is 6.20 Å². The highest BCUT2D eigenvalue weighted by atomic mass is 19.4. The van der Waals surface area contributed by atoms with Crippen LogP contribution >= 0.6 is 0 Å². The van der Waals surface area contributed by atoms with Gasteiger partial charge in [0.25, 0.3) is 5.91 Å². The van der Waals surface area contributed by atoms with E-state index in [9.17, 15) is 18.0 Å². The van der Waals surface area contributed by atoms with Crippen LogP contribution in [0.2, 0.25) is 0 Å². The lowest BCUT2D eigenvalue weighted by molar-refractivity contribution is -0.136. The summed E-state index contributed by atoms with van der Waals surface area (Å²) in [4.78, 5) is 26.1. The van der Waals surface area contributed by atoms with E-state index in [0.717, 1.165) is 4.90 Å². The van der Waals surface area contributed by atoms with Crippen LogP contribution in [0, 0.1) is 0 Å². The Balaban J connectivity index is 1.77. The molecule has 3 aromatic rings. The molecule has 2 aliphatic heterocycles. The molecule has 8 nitrogen and oxygen atoms in total. The summed E-state index contributed by atoms with van der Waals surface area (Å²) < 4.78 is 54.6. The maximum Gasteiger partial charge on any atom is 0.420 e. The number of aromatic nitrogens is 3. The number of hydrogen-bond donors (Lipinski definition) is 1. The molecule has 2 aliphatic rings. The predicted molar refractivity (Wildman–Crippen MR) is 124 cm³/mol. The molecule has 1 saturated heterocycles. The smallest absolute Gasteiger partial charge is 0.420 e. The fraction of sp³-hybridized carbons (Fsp3) is 0.250. The molecule has 0 saturated carbocycles. The highest BCUT2D eigenvalue weighted by molar-refractivity contribution is 6.02. The minimum absolute atomic E-state index is 0.0447. The number of halogens is 3. The summed E-state index contributed by atoms with van der Waals surface area (Å²) in [6, 6.07) is 7.04. The molecule has 0 spiro atoms. The summed E-state index contributed by atoms with van der Waals surface area (Å²) in [6.45, 7) is 7.96. The quantitative estimate of drug-likeness (QED) is 0.553. The first-order chi connectivity index (χ1) is 16.7. The summed E-state index contributed by atoms with van der Waals surface area (Å²) in [5, 5.41) is 2.61. The molecule has 180 valence electrons. The fourth-order valence-corrected chi connectivity index (χ4v) is 4.03. The first-order valence-corrected chi connectivity index (χ1v) is 10.8. The van der Waals surface area contributed by atoms with E-state index >= 15 is 0 Å². The zero-order valence-electron chi connectivity index (χ0n) is 18.5. The number of ether oxygens (including phenoxy) is 2. The van der Waals surface area contributed by atoms with Crippen molar-refractivity contribution >= 4 is 39.7 Å². The van der Waals surface area contributed by atoms with Crippen LogP contribution in [0.25, 0.3) is 22.2 Å². The molecule has 35 heavy (non-hydrogen) atoms. The van der Waals surface area contributed by atoms with E-state index in [2.05, 4.69) is 33.4 Å². The summed E-state index contributed by atoms with van der Waals surface area (Å²) in [5.41, 5.74) is 0.183. The van der Waals surface area contributed by atoms with Gasteiger partial charge in [-0.05, 0) is 17.7 Å². The topological polar surface area (TPSA) is 89.5 Å². The van der Waals surface area contributed by atoms with Crippen LogP contribution in [-0.2, 0) is 15.7 Å². The van der Waals surface area contributed by atoms with E-state index < -0.39 is 23.5 Å². The Labute approximate surface area is 198 Å². The second kappa shape index (κ2) is 8.66. The average molecular weight is 483 g/mol. The molecule has 11 heteroatoms. The number of alkyl halides is 3. The molecular weight excluding hydrogens is 463 g/mol. The molecule has 0 atom stereocenters. The molecule has 2 bridgehead atoms. The zero-order valence-corrected chi connectivity index (χ0v) is 18.5. The van der Waals surface area contributed by atoms with Gasteiger partial charge in [-0.15, -0.1) is 0 Å². The first-order valence-electron chi connectivity index (χ1n) is 10.8. The van der Waals surface area contributed by atoms with Crippen LogP contribution < -0.4 is 15.0 Å². The summed E-state index contributed by atoms with van der Waals surface area (Å²) in [6.07, 6.45) is -3.31. The van der Waals surface area contributed by atoms with E-state index in [-0.39, 0.29) is 54.6 Å². The lowest BCUT2D eigenvalue weighted by atomic mass is 10.1. The van der Waals surface area contributed by atoms with Crippen LogP contribution in [0.15, 0.2) is 43.6 Å². The average Bonchev–Trinajstić information content (AvgIpc) is 2.84. The minimum atomic E-state index is -4.87. The number of hydrogen-bond acceptors (Lipinski definition) is 7. The molecule has 0 unspecified atom stereocenters. The van der Waals surface area contributed by atoms with Crippen LogP contribution in [0.5, 0.6) is 5.75 Å². The molecule has 1 amide bonds. The van der Waals surface area contributed by atoms with Gasteiger partial charge in [0.05, 0.1) is 36.9 Å². The first kappa shape index (κ1) is 22.8. The molecule has 4 heterocycles. The summed E-state index contributed by atoms with van der Waals surface area (Å²) in [5.74, 6) is -0.579. The van der Waals surface area contributed by atoms with Crippen molar-refractivity contribution in [1.29, 1.82) is 0 Å². The van der Waals surface area contributed by atoms with Gasteiger partial charge in [0.1, 0.15) is 29.6 Å². The third-order valence-electron chi connectivity index (χ3n) is 5.70. The van der Waals surface area contributed by atoms with E-state index in [0.29, 0.717) is 23.3 Å². The number of carbonyl (C=O) groups excluding carboxylic acids is 1. The standard InChI is InChI=1S/C24H20F3N5O3/c1-13-7-9-35-17-6-4-3-5-15(17)14(2)29-22-19-16(30-21(13)31-22)11-28-23(20(19)24(25,26)27)32-8-10-34-12-18(32)33/h3-6,11H,1-2,7-10,12H2,(H,29,30,31). The molecule has 1 aromatic carbocycles. The number of morpholine rings is 1. The van der Waals surface area contributed by atoms with Crippen molar-refractivity contribution in [3.8, 4) is 5.75 Å². The molecular formula is C24H20F3N5O3. The summed E-state index contributed by atoms with van der Waals surface area (Å²) >= 11 is 0. The number of nitrogens with one attached hydrogen (secondary N) is 1. The number of amides is 1. The Morgan fingerprint density at radius 3 is 2.69 bits per heavy atom. The fourth-order valence-electron chi connectivity index (χ4n) is 4.03.